The average Bonchev–Trinajstić information content (AvgIpc) is 2.96. The molecular formula is C20H29N3O2. The summed E-state index contributed by atoms with van der Waals surface area (Å²) in [5, 5.41) is 6.60. The van der Waals surface area contributed by atoms with Gasteiger partial charge in [-0.25, -0.2) is 0 Å². The Balaban J connectivity index is 1.36. The number of ether oxygens (including phenoxy) is 1. The van der Waals surface area contributed by atoms with E-state index in [1.54, 1.807) is 0 Å². The molecule has 3 aliphatic heterocycles. The average molecular weight is 343 g/mol. The minimum Gasteiger partial charge on any atom is -0.493 e. The number of carbonyl (C=O) groups is 1. The van der Waals surface area contributed by atoms with Gasteiger partial charge in [0.1, 0.15) is 5.75 Å². The van der Waals surface area contributed by atoms with Gasteiger partial charge in [0.15, 0.2) is 0 Å². The molecule has 2 saturated heterocycles. The van der Waals surface area contributed by atoms with Crippen molar-refractivity contribution >= 4 is 5.91 Å². The topological polar surface area (TPSA) is 53.6 Å². The number of amides is 1. The molecule has 0 aliphatic carbocycles. The summed E-state index contributed by atoms with van der Waals surface area (Å²) in [5.41, 5.74) is 2.77. The minimum atomic E-state index is 0.0130. The molecule has 1 spiro atoms. The Morgan fingerprint density at radius 2 is 2.24 bits per heavy atom. The van der Waals surface area contributed by atoms with Gasteiger partial charge in [0.25, 0.3) is 0 Å². The van der Waals surface area contributed by atoms with E-state index in [-0.39, 0.29) is 11.9 Å². The summed E-state index contributed by atoms with van der Waals surface area (Å²) in [6.45, 7) is 4.63. The quantitative estimate of drug-likeness (QED) is 0.877. The number of aryl methyl sites for hydroxylation is 1. The fraction of sp³-hybridized carbons (Fsp3) is 0.650. The van der Waals surface area contributed by atoms with Crippen molar-refractivity contribution in [2.75, 3.05) is 33.3 Å². The van der Waals surface area contributed by atoms with E-state index in [2.05, 4.69) is 34.7 Å². The highest BCUT2D eigenvalue weighted by Crippen LogP contribution is 2.41. The Labute approximate surface area is 150 Å². The van der Waals surface area contributed by atoms with Crippen LogP contribution in [0.4, 0.5) is 0 Å². The molecule has 25 heavy (non-hydrogen) atoms. The first-order valence-corrected chi connectivity index (χ1v) is 9.59. The first-order chi connectivity index (χ1) is 12.2. The molecule has 5 nitrogen and oxygen atoms in total. The van der Waals surface area contributed by atoms with Crippen LogP contribution in [0.25, 0.3) is 0 Å². The third-order valence-electron chi connectivity index (χ3n) is 6.15. The van der Waals surface area contributed by atoms with Gasteiger partial charge in [-0.05, 0) is 74.8 Å². The fourth-order valence-electron chi connectivity index (χ4n) is 4.71. The highest BCUT2D eigenvalue weighted by atomic mass is 16.5. The van der Waals surface area contributed by atoms with E-state index in [0.29, 0.717) is 12.0 Å². The predicted octanol–water partition coefficient (Wildman–Crippen LogP) is 1.70. The largest absolute Gasteiger partial charge is 0.493 e. The second kappa shape index (κ2) is 6.96. The molecule has 1 aromatic carbocycles. The van der Waals surface area contributed by atoms with Crippen molar-refractivity contribution in [3.63, 3.8) is 0 Å². The molecule has 3 heterocycles. The number of hydrogen-bond donors (Lipinski definition) is 2. The lowest BCUT2D eigenvalue weighted by molar-refractivity contribution is -0.125. The molecular weight excluding hydrogens is 314 g/mol. The zero-order valence-electron chi connectivity index (χ0n) is 15.1. The molecule has 1 amide bonds. The number of benzene rings is 1. The van der Waals surface area contributed by atoms with Gasteiger partial charge < -0.3 is 15.4 Å². The van der Waals surface area contributed by atoms with Crippen molar-refractivity contribution in [1.82, 2.24) is 15.5 Å². The molecule has 1 unspecified atom stereocenters. The molecule has 0 radical (unpaired) electrons. The van der Waals surface area contributed by atoms with Gasteiger partial charge in [-0.15, -0.1) is 0 Å². The van der Waals surface area contributed by atoms with E-state index in [1.165, 1.54) is 18.4 Å². The fourth-order valence-corrected chi connectivity index (χ4v) is 4.71. The van der Waals surface area contributed by atoms with Gasteiger partial charge in [0.05, 0.1) is 12.6 Å². The number of fused-ring (bicyclic) bond motifs is 1. The lowest BCUT2D eigenvalue weighted by Gasteiger charge is -2.33. The van der Waals surface area contributed by atoms with Crippen LogP contribution in [0, 0.1) is 5.41 Å². The van der Waals surface area contributed by atoms with Crippen LogP contribution in [0.5, 0.6) is 5.75 Å². The van der Waals surface area contributed by atoms with Crippen molar-refractivity contribution in [3.8, 4) is 5.75 Å². The van der Waals surface area contributed by atoms with Crippen LogP contribution in [0.15, 0.2) is 18.2 Å². The number of nitrogens with zero attached hydrogens (tertiary/aromatic N) is 1. The number of likely N-dealkylation sites (N-methyl/N-ethyl adjacent to an activating group) is 1. The number of likely N-dealkylation sites (tertiary alicyclic amines) is 1. The Bertz CT molecular complexity index is 640. The van der Waals surface area contributed by atoms with Crippen molar-refractivity contribution < 1.29 is 9.53 Å². The predicted molar refractivity (Wildman–Crippen MR) is 97.7 cm³/mol. The molecule has 0 saturated carbocycles. The highest BCUT2D eigenvalue weighted by molar-refractivity contribution is 5.82. The maximum absolute atomic E-state index is 12.8. The molecule has 3 aliphatic rings. The van der Waals surface area contributed by atoms with E-state index >= 15 is 0 Å². The standard InChI is InChI=1S/C20H29N3O2/c1-23-14-20(6-8-21-9-7-20)12-17(23)19(24)22-13-15-4-5-18-16(11-15)3-2-10-25-18/h4-5,11,17,21H,2-3,6-10,12-14H2,1H3,(H,22,24). The summed E-state index contributed by atoms with van der Waals surface area (Å²) < 4.78 is 5.66. The third kappa shape index (κ3) is 3.53. The van der Waals surface area contributed by atoms with Crippen LogP contribution in [0.2, 0.25) is 0 Å². The highest BCUT2D eigenvalue weighted by Gasteiger charge is 2.45. The summed E-state index contributed by atoms with van der Waals surface area (Å²) in [7, 11) is 2.09. The third-order valence-corrected chi connectivity index (χ3v) is 6.15. The van der Waals surface area contributed by atoms with Gasteiger partial charge in [-0.1, -0.05) is 12.1 Å². The summed E-state index contributed by atoms with van der Waals surface area (Å²) in [4.78, 5) is 15.0. The van der Waals surface area contributed by atoms with Crippen molar-refractivity contribution in [1.29, 1.82) is 0 Å². The van der Waals surface area contributed by atoms with E-state index in [9.17, 15) is 4.79 Å². The number of nitrogens with one attached hydrogen (secondary N) is 2. The lowest BCUT2D eigenvalue weighted by Crippen LogP contribution is -2.41. The van der Waals surface area contributed by atoms with Gasteiger partial charge >= 0.3 is 0 Å². The van der Waals surface area contributed by atoms with Crippen LogP contribution in [0.1, 0.15) is 36.8 Å². The van der Waals surface area contributed by atoms with Crippen LogP contribution in [0.3, 0.4) is 0 Å². The second-order valence-corrected chi connectivity index (χ2v) is 8.00. The van der Waals surface area contributed by atoms with Gasteiger partial charge in [0.2, 0.25) is 5.91 Å². The summed E-state index contributed by atoms with van der Waals surface area (Å²) >= 11 is 0. The number of hydrogen-bond acceptors (Lipinski definition) is 4. The van der Waals surface area contributed by atoms with Crippen molar-refractivity contribution in [3.05, 3.63) is 29.3 Å². The molecule has 0 bridgehead atoms. The monoisotopic (exact) mass is 343 g/mol. The zero-order chi connectivity index (χ0) is 17.3. The SMILES string of the molecule is CN1CC2(CCNCC2)CC1C(=O)NCc1ccc2c(c1)CCCO2. The minimum absolute atomic E-state index is 0.0130. The van der Waals surface area contributed by atoms with E-state index < -0.39 is 0 Å². The first kappa shape index (κ1) is 16.9. The molecule has 1 aromatic rings. The van der Waals surface area contributed by atoms with Crippen LogP contribution >= 0.6 is 0 Å². The lowest BCUT2D eigenvalue weighted by atomic mass is 9.77. The van der Waals surface area contributed by atoms with E-state index in [1.807, 2.05) is 6.07 Å². The Morgan fingerprint density at radius 3 is 3.08 bits per heavy atom. The second-order valence-electron chi connectivity index (χ2n) is 8.00. The zero-order valence-corrected chi connectivity index (χ0v) is 15.1. The first-order valence-electron chi connectivity index (χ1n) is 9.59. The molecule has 1 atom stereocenters. The van der Waals surface area contributed by atoms with Gasteiger partial charge in [-0.2, -0.15) is 0 Å². The normalized spacial score (nSPS) is 25.4. The van der Waals surface area contributed by atoms with Crippen molar-refractivity contribution in [2.45, 2.75) is 44.7 Å². The van der Waals surface area contributed by atoms with Gasteiger partial charge in [0, 0.05) is 13.1 Å². The number of carbonyl (C=O) groups excluding carboxylic acids is 1. The van der Waals surface area contributed by atoms with E-state index in [4.69, 9.17) is 4.74 Å². The summed E-state index contributed by atoms with van der Waals surface area (Å²) in [6.07, 6.45) is 5.51. The smallest absolute Gasteiger partial charge is 0.237 e. The molecule has 5 heteroatoms. The molecule has 4 rings (SSSR count). The number of piperidine rings is 1. The Kier molecular flexibility index (Phi) is 4.69. The van der Waals surface area contributed by atoms with Crippen LogP contribution in [-0.2, 0) is 17.8 Å². The maximum Gasteiger partial charge on any atom is 0.237 e. The van der Waals surface area contributed by atoms with Crippen LogP contribution in [-0.4, -0.2) is 50.1 Å². The Morgan fingerprint density at radius 1 is 1.40 bits per heavy atom. The Hall–Kier alpha value is -1.59. The summed E-state index contributed by atoms with van der Waals surface area (Å²) in [5.74, 6) is 1.18. The van der Waals surface area contributed by atoms with Gasteiger partial charge in [-0.3, -0.25) is 9.69 Å². The molecule has 2 N–H and O–H groups in total. The van der Waals surface area contributed by atoms with Crippen molar-refractivity contribution in [2.24, 2.45) is 5.41 Å². The van der Waals surface area contributed by atoms with Crippen LogP contribution < -0.4 is 15.4 Å². The van der Waals surface area contributed by atoms with E-state index in [0.717, 1.165) is 56.8 Å². The summed E-state index contributed by atoms with van der Waals surface area (Å²) in [6, 6.07) is 6.30. The molecule has 2 fully saturated rings. The maximum atomic E-state index is 12.8. The molecule has 136 valence electrons. The molecule has 0 aromatic heterocycles. The number of rotatable bonds is 3.